The van der Waals surface area contributed by atoms with E-state index in [4.69, 9.17) is 21.5 Å². The molecule has 0 saturated carbocycles. The monoisotopic (exact) mass is 380 g/mol. The third-order valence-electron chi connectivity index (χ3n) is 4.12. The molecule has 9 heteroatoms. The lowest BCUT2D eigenvalue weighted by molar-refractivity contribution is 0.102. The summed E-state index contributed by atoms with van der Waals surface area (Å²) in [5, 5.41) is 11.5. The summed E-state index contributed by atoms with van der Waals surface area (Å²) in [6, 6.07) is 7.25. The highest BCUT2D eigenvalue weighted by Crippen LogP contribution is 2.34. The zero-order valence-corrected chi connectivity index (χ0v) is 15.2. The van der Waals surface area contributed by atoms with E-state index < -0.39 is 17.3 Å². The Balaban J connectivity index is 1.93. The van der Waals surface area contributed by atoms with Crippen LogP contribution in [0.2, 0.25) is 0 Å². The zero-order valence-electron chi connectivity index (χ0n) is 15.2. The van der Waals surface area contributed by atoms with Crippen LogP contribution in [0.25, 0.3) is 0 Å². The number of pyridine rings is 1. The normalized spacial score (nSPS) is 18.4. The summed E-state index contributed by atoms with van der Waals surface area (Å²) in [5.74, 6) is -0.621. The number of hydrogen-bond acceptors (Lipinski definition) is 7. The highest BCUT2D eigenvalue weighted by Gasteiger charge is 2.31. The average molecular weight is 380 g/mol. The minimum Gasteiger partial charge on any atom is -0.431 e. The second-order valence-electron chi connectivity index (χ2n) is 6.38. The molecule has 0 saturated heterocycles. The van der Waals surface area contributed by atoms with Crippen molar-refractivity contribution in [2.24, 2.45) is 10.7 Å². The van der Waals surface area contributed by atoms with Crippen molar-refractivity contribution in [1.29, 1.82) is 5.26 Å². The molecular formula is C19H17FN6O2. The van der Waals surface area contributed by atoms with Gasteiger partial charge in [-0.15, -0.1) is 0 Å². The number of aliphatic imine (C=N–C) groups is 1. The Morgan fingerprint density at radius 3 is 2.75 bits per heavy atom. The van der Waals surface area contributed by atoms with Crippen molar-refractivity contribution in [1.82, 2.24) is 4.98 Å². The van der Waals surface area contributed by atoms with Gasteiger partial charge < -0.3 is 21.5 Å². The molecule has 0 bridgehead atoms. The van der Waals surface area contributed by atoms with Gasteiger partial charge in [0.25, 0.3) is 11.9 Å². The van der Waals surface area contributed by atoms with Gasteiger partial charge in [-0.2, -0.15) is 5.26 Å². The Morgan fingerprint density at radius 2 is 2.11 bits per heavy atom. The number of carbonyl (C=O) groups is 1. The molecule has 142 valence electrons. The number of amides is 1. The van der Waals surface area contributed by atoms with Crippen molar-refractivity contribution < 1.29 is 13.9 Å². The molecule has 1 aliphatic heterocycles. The van der Waals surface area contributed by atoms with Crippen LogP contribution in [0.5, 0.6) is 0 Å². The van der Waals surface area contributed by atoms with Crippen LogP contribution in [-0.2, 0) is 10.3 Å². The second kappa shape index (κ2) is 7.00. The topological polar surface area (TPSA) is 139 Å². The number of nitrogen functional groups attached to an aromatic ring is 1. The molecule has 0 aliphatic carbocycles. The number of rotatable bonds is 3. The number of allylic oxidation sites excluding steroid dienone is 1. The molecule has 1 aromatic carbocycles. The van der Waals surface area contributed by atoms with E-state index in [-0.39, 0.29) is 28.5 Å². The number of nitriles is 1. The molecule has 5 N–H and O–H groups in total. The Kier molecular flexibility index (Phi) is 4.71. The summed E-state index contributed by atoms with van der Waals surface area (Å²) < 4.78 is 19.7. The maximum Gasteiger partial charge on any atom is 0.288 e. The summed E-state index contributed by atoms with van der Waals surface area (Å²) >= 11 is 0. The van der Waals surface area contributed by atoms with Crippen molar-refractivity contribution in [3.05, 3.63) is 64.9 Å². The largest absolute Gasteiger partial charge is 0.431 e. The number of anilines is 2. The van der Waals surface area contributed by atoms with Crippen molar-refractivity contribution >= 4 is 23.3 Å². The van der Waals surface area contributed by atoms with Crippen molar-refractivity contribution in [3.8, 4) is 6.07 Å². The summed E-state index contributed by atoms with van der Waals surface area (Å²) in [5.41, 5.74) is 11.1. The molecule has 28 heavy (non-hydrogen) atoms. The first kappa shape index (κ1) is 18.8. The molecule has 0 unspecified atom stereocenters. The van der Waals surface area contributed by atoms with Crippen LogP contribution in [0.15, 0.2) is 47.3 Å². The Bertz CT molecular complexity index is 1050. The highest BCUT2D eigenvalue weighted by atomic mass is 19.1. The van der Waals surface area contributed by atoms with Crippen LogP contribution in [0.3, 0.4) is 0 Å². The Morgan fingerprint density at radius 1 is 1.36 bits per heavy atom. The van der Waals surface area contributed by atoms with E-state index in [9.17, 15) is 9.18 Å². The number of amidine groups is 1. The maximum absolute atomic E-state index is 14.5. The van der Waals surface area contributed by atoms with E-state index in [1.54, 1.807) is 19.9 Å². The van der Waals surface area contributed by atoms with Crippen LogP contribution in [0.1, 0.15) is 35.5 Å². The number of nitrogens with zero attached hydrogens (tertiary/aromatic N) is 3. The first-order valence-corrected chi connectivity index (χ1v) is 8.21. The van der Waals surface area contributed by atoms with E-state index in [2.05, 4.69) is 15.3 Å². The maximum atomic E-state index is 14.5. The molecule has 1 amide bonds. The third-order valence-corrected chi connectivity index (χ3v) is 4.12. The second-order valence-corrected chi connectivity index (χ2v) is 6.38. The number of aromatic nitrogens is 1. The molecule has 2 heterocycles. The van der Waals surface area contributed by atoms with E-state index in [1.807, 2.05) is 6.07 Å². The summed E-state index contributed by atoms with van der Waals surface area (Å²) in [6.07, 6.45) is 2.88. The van der Waals surface area contributed by atoms with E-state index in [0.717, 1.165) is 0 Å². The third kappa shape index (κ3) is 3.61. The van der Waals surface area contributed by atoms with Gasteiger partial charge in [-0.05, 0) is 44.2 Å². The number of nitrogens with two attached hydrogens (primary N) is 2. The van der Waals surface area contributed by atoms with Crippen LogP contribution >= 0.6 is 0 Å². The van der Waals surface area contributed by atoms with E-state index >= 15 is 0 Å². The zero-order chi connectivity index (χ0) is 20.5. The van der Waals surface area contributed by atoms with Gasteiger partial charge in [0.1, 0.15) is 23.2 Å². The molecular weight excluding hydrogens is 363 g/mol. The molecule has 0 spiro atoms. The Labute approximate surface area is 160 Å². The first-order valence-electron chi connectivity index (χ1n) is 8.21. The van der Waals surface area contributed by atoms with Gasteiger partial charge in [-0.3, -0.25) is 4.79 Å². The lowest BCUT2D eigenvalue weighted by Crippen LogP contribution is -2.30. The molecule has 8 nitrogen and oxygen atoms in total. The van der Waals surface area contributed by atoms with Gasteiger partial charge in [0.05, 0.1) is 11.3 Å². The van der Waals surface area contributed by atoms with Crippen LogP contribution < -0.4 is 16.8 Å². The summed E-state index contributed by atoms with van der Waals surface area (Å²) in [4.78, 5) is 20.6. The smallest absolute Gasteiger partial charge is 0.288 e. The molecule has 3 rings (SSSR count). The fourth-order valence-corrected chi connectivity index (χ4v) is 2.93. The highest BCUT2D eigenvalue weighted by molar-refractivity contribution is 6.06. The molecule has 2 aromatic rings. The Hall–Kier alpha value is -3.93. The van der Waals surface area contributed by atoms with Crippen LogP contribution in [0.4, 0.5) is 15.8 Å². The quantitative estimate of drug-likeness (QED) is 0.747. The van der Waals surface area contributed by atoms with Gasteiger partial charge in [0.15, 0.2) is 5.69 Å². The van der Waals surface area contributed by atoms with Crippen LogP contribution in [0, 0.1) is 17.1 Å². The predicted molar refractivity (Wildman–Crippen MR) is 102 cm³/mol. The number of halogens is 1. The summed E-state index contributed by atoms with van der Waals surface area (Å²) in [7, 11) is 0. The van der Waals surface area contributed by atoms with Gasteiger partial charge in [0, 0.05) is 17.4 Å². The number of hydrogen-bond donors (Lipinski definition) is 3. The lowest BCUT2D eigenvalue weighted by Gasteiger charge is -2.27. The number of benzene rings is 1. The number of nitrogens with one attached hydrogen (secondary N) is 1. The van der Waals surface area contributed by atoms with E-state index in [0.29, 0.717) is 11.4 Å². The van der Waals surface area contributed by atoms with Gasteiger partial charge in [-0.25, -0.2) is 14.4 Å². The average Bonchev–Trinajstić information content (AvgIpc) is 2.61. The van der Waals surface area contributed by atoms with E-state index in [1.165, 1.54) is 30.5 Å². The SMILES string of the molecule is CC1=C[C@@](C)(c2cc(NC(=O)c3ncc(C#N)cc3N)ccc2F)N=C(N)O1. The standard InChI is InChI=1S/C19H17FN6O2/c1-10-7-19(2,26-18(23)28-10)13-6-12(3-4-14(13)20)25-17(27)16-15(22)5-11(8-21)9-24-16/h3-7,9H,22H2,1-2H3,(H2,23,26)(H,25,27)/t19-/m0/s1. The van der Waals surface area contributed by atoms with Gasteiger partial charge in [-0.1, -0.05) is 0 Å². The number of carbonyl (C=O) groups excluding carboxylic acids is 1. The lowest BCUT2D eigenvalue weighted by atomic mass is 9.90. The van der Waals surface area contributed by atoms with Crippen molar-refractivity contribution in [2.75, 3.05) is 11.1 Å². The molecule has 1 aromatic heterocycles. The van der Waals surface area contributed by atoms with Crippen molar-refractivity contribution in [2.45, 2.75) is 19.4 Å². The van der Waals surface area contributed by atoms with Gasteiger partial charge >= 0.3 is 0 Å². The molecule has 0 radical (unpaired) electrons. The fourth-order valence-electron chi connectivity index (χ4n) is 2.93. The minimum atomic E-state index is -1.09. The molecule has 1 aliphatic rings. The van der Waals surface area contributed by atoms with Crippen LogP contribution in [-0.4, -0.2) is 16.9 Å². The fraction of sp³-hybridized carbons (Fsp3) is 0.158. The van der Waals surface area contributed by atoms with Gasteiger partial charge in [0.2, 0.25) is 0 Å². The predicted octanol–water partition coefficient (Wildman–Crippen LogP) is 2.39. The molecule has 1 atom stereocenters. The first-order chi connectivity index (χ1) is 13.2. The molecule has 0 fully saturated rings. The number of ether oxygens (including phenoxy) is 1. The van der Waals surface area contributed by atoms with Crippen molar-refractivity contribution in [3.63, 3.8) is 0 Å². The minimum absolute atomic E-state index is 0.0415. The summed E-state index contributed by atoms with van der Waals surface area (Å²) in [6.45, 7) is 3.36.